The summed E-state index contributed by atoms with van der Waals surface area (Å²) in [6.45, 7) is 1.96. The molecule has 0 saturated heterocycles. The molecule has 1 unspecified atom stereocenters. The molecule has 0 spiro atoms. The van der Waals surface area contributed by atoms with Crippen LogP contribution in [0.2, 0.25) is 0 Å². The van der Waals surface area contributed by atoms with E-state index in [0.29, 0.717) is 0 Å². The summed E-state index contributed by atoms with van der Waals surface area (Å²) in [5.74, 6) is 0.859. The predicted molar refractivity (Wildman–Crippen MR) is 25.1 cm³/mol. The molecular formula is C4H6FN3. The Morgan fingerprint density at radius 2 is 2.62 bits per heavy atom. The molecule has 4 heteroatoms. The van der Waals surface area contributed by atoms with Crippen molar-refractivity contribution in [2.24, 2.45) is 0 Å². The first-order chi connectivity index (χ1) is 3.84. The Morgan fingerprint density at radius 1 is 1.88 bits per heavy atom. The smallest absolute Gasteiger partial charge is 0.194 e. The quantitative estimate of drug-likeness (QED) is 0.523. The van der Waals surface area contributed by atoms with Gasteiger partial charge >= 0.3 is 6.42 Å². The molecule has 1 aliphatic heterocycles. The molecule has 0 amide bonds. The van der Waals surface area contributed by atoms with Gasteiger partial charge in [0.05, 0.1) is 0 Å². The van der Waals surface area contributed by atoms with Crippen LogP contribution in [0.1, 0.15) is 19.2 Å². The van der Waals surface area contributed by atoms with E-state index >= 15 is 0 Å². The lowest BCUT2D eigenvalue weighted by atomic mass is 10.5. The van der Waals surface area contributed by atoms with Gasteiger partial charge in [-0.25, -0.2) is 0 Å². The summed E-state index contributed by atoms with van der Waals surface area (Å²) in [4.78, 5) is 1.32. The maximum Gasteiger partial charge on any atom is 0.303 e. The molecule has 0 bridgehead atoms. The van der Waals surface area contributed by atoms with Crippen molar-refractivity contribution < 1.29 is 4.39 Å². The Balaban J connectivity index is 2.27. The standard InChI is InChI=1S/C4H6FN3/c1-2-3-6-8-4(5)7(3)8/h4H,2H2,1H3. The van der Waals surface area contributed by atoms with Crippen molar-refractivity contribution in [3.8, 4) is 0 Å². The number of aryl methyl sites for hydroxylation is 1. The zero-order chi connectivity index (χ0) is 5.72. The van der Waals surface area contributed by atoms with E-state index in [0.717, 1.165) is 12.2 Å². The third-order valence-electron chi connectivity index (χ3n) is 1.36. The van der Waals surface area contributed by atoms with Gasteiger partial charge in [0.2, 0.25) is 0 Å². The van der Waals surface area contributed by atoms with E-state index in [9.17, 15) is 4.39 Å². The number of aromatic nitrogens is 3. The fourth-order valence-electron chi connectivity index (χ4n) is 0.837. The Hall–Kier alpha value is -0.800. The minimum Gasteiger partial charge on any atom is -0.194 e. The molecular weight excluding hydrogens is 109 g/mol. The van der Waals surface area contributed by atoms with Crippen molar-refractivity contribution >= 4 is 0 Å². The van der Waals surface area contributed by atoms with Gasteiger partial charge < -0.3 is 0 Å². The first kappa shape index (κ1) is 4.12. The summed E-state index contributed by atoms with van der Waals surface area (Å²) in [5.41, 5.74) is 0. The molecule has 44 valence electrons. The molecule has 0 saturated carbocycles. The van der Waals surface area contributed by atoms with Crippen LogP contribution in [-0.2, 0) is 6.42 Å². The van der Waals surface area contributed by atoms with Gasteiger partial charge in [0, 0.05) is 6.42 Å². The van der Waals surface area contributed by atoms with Crippen molar-refractivity contribution in [3.05, 3.63) is 5.82 Å². The SMILES string of the molecule is CCc1nn2n1C2F. The highest BCUT2D eigenvalue weighted by atomic mass is 19.1. The van der Waals surface area contributed by atoms with E-state index < -0.39 is 6.42 Å². The van der Waals surface area contributed by atoms with Crippen LogP contribution in [0.5, 0.6) is 0 Å². The van der Waals surface area contributed by atoms with Crippen molar-refractivity contribution in [1.29, 1.82) is 0 Å². The predicted octanol–water partition coefficient (Wildman–Crippen LogP) is 0.534. The molecule has 0 radical (unpaired) electrons. The van der Waals surface area contributed by atoms with E-state index in [1.165, 1.54) is 9.48 Å². The lowest BCUT2D eigenvalue weighted by molar-refractivity contribution is 0.379. The maximum atomic E-state index is 12.1. The zero-order valence-corrected chi connectivity index (χ0v) is 4.50. The second-order valence-corrected chi connectivity index (χ2v) is 1.85. The largest absolute Gasteiger partial charge is 0.303 e. The average molecular weight is 115 g/mol. The topological polar surface area (TPSA) is 22.8 Å². The van der Waals surface area contributed by atoms with Gasteiger partial charge in [0.15, 0.2) is 5.82 Å². The second-order valence-electron chi connectivity index (χ2n) is 1.85. The summed E-state index contributed by atoms with van der Waals surface area (Å²) in [6, 6.07) is 0. The van der Waals surface area contributed by atoms with Gasteiger partial charge in [-0.15, -0.1) is 9.90 Å². The molecule has 1 atom stereocenters. The summed E-state index contributed by atoms with van der Waals surface area (Å²) >= 11 is 0. The van der Waals surface area contributed by atoms with Gasteiger partial charge in [0.1, 0.15) is 0 Å². The average Bonchev–Trinajstić information content (AvgIpc) is 2.09. The van der Waals surface area contributed by atoms with Crippen molar-refractivity contribution in [2.45, 2.75) is 19.8 Å². The van der Waals surface area contributed by atoms with Crippen LogP contribution in [0.4, 0.5) is 4.39 Å². The lowest BCUT2D eigenvalue weighted by Crippen LogP contribution is -2.01. The highest BCUT2D eigenvalue weighted by Gasteiger charge is 2.38. The number of hydrogen-bond donors (Lipinski definition) is 0. The van der Waals surface area contributed by atoms with Gasteiger partial charge in [-0.2, -0.15) is 9.07 Å². The van der Waals surface area contributed by atoms with Crippen LogP contribution in [0.15, 0.2) is 0 Å². The summed E-state index contributed by atoms with van der Waals surface area (Å²) in [7, 11) is 0. The summed E-state index contributed by atoms with van der Waals surface area (Å²) in [5, 5.41) is 3.80. The Labute approximate surface area is 45.7 Å². The number of alkyl halides is 1. The molecule has 0 aliphatic carbocycles. The number of hydrogen-bond acceptors (Lipinski definition) is 1. The molecule has 1 aromatic heterocycles. The second kappa shape index (κ2) is 0.962. The van der Waals surface area contributed by atoms with Crippen LogP contribution in [-0.4, -0.2) is 14.6 Å². The molecule has 1 aromatic rings. The number of nitrogens with zero attached hydrogens (tertiary/aromatic N) is 3. The monoisotopic (exact) mass is 115 g/mol. The third-order valence-corrected chi connectivity index (χ3v) is 1.36. The molecule has 0 N–H and O–H groups in total. The van der Waals surface area contributed by atoms with Crippen LogP contribution in [0.3, 0.4) is 0 Å². The third kappa shape index (κ3) is 0.249. The van der Waals surface area contributed by atoms with Gasteiger partial charge in [-0.3, -0.25) is 0 Å². The molecule has 8 heavy (non-hydrogen) atoms. The van der Waals surface area contributed by atoms with E-state index in [2.05, 4.69) is 5.10 Å². The van der Waals surface area contributed by atoms with Crippen molar-refractivity contribution in [2.75, 3.05) is 0 Å². The number of rotatable bonds is 1. The van der Waals surface area contributed by atoms with E-state index in [4.69, 9.17) is 0 Å². The molecule has 2 rings (SSSR count). The van der Waals surface area contributed by atoms with Crippen LogP contribution in [0.25, 0.3) is 0 Å². The number of fused-ring (bicyclic) bond motifs is 1. The Kier molecular flexibility index (Phi) is 0.495. The maximum absolute atomic E-state index is 12.1. The fraction of sp³-hybridized carbons (Fsp3) is 0.750. The zero-order valence-electron chi connectivity index (χ0n) is 4.50. The number of halogens is 1. The molecule has 0 fully saturated rings. The van der Waals surface area contributed by atoms with Crippen LogP contribution < -0.4 is 0 Å². The van der Waals surface area contributed by atoms with Crippen molar-refractivity contribution in [3.63, 3.8) is 0 Å². The normalized spacial score (nSPS) is 23.5. The Bertz CT molecular complexity index is 212. The fourth-order valence-corrected chi connectivity index (χ4v) is 0.837. The first-order valence-electron chi connectivity index (χ1n) is 2.64. The minimum atomic E-state index is -0.926. The summed E-state index contributed by atoms with van der Waals surface area (Å²) < 4.78 is 13.7. The van der Waals surface area contributed by atoms with E-state index in [1.54, 1.807) is 0 Å². The van der Waals surface area contributed by atoms with E-state index in [-0.39, 0.29) is 0 Å². The van der Waals surface area contributed by atoms with Crippen LogP contribution in [0, 0.1) is 0 Å². The van der Waals surface area contributed by atoms with Gasteiger partial charge in [-0.1, -0.05) is 6.92 Å². The molecule has 2 heterocycles. The highest BCUT2D eigenvalue weighted by molar-refractivity contribution is 4.94. The molecule has 0 aromatic carbocycles. The van der Waals surface area contributed by atoms with Gasteiger partial charge in [0.25, 0.3) is 0 Å². The van der Waals surface area contributed by atoms with Gasteiger partial charge in [-0.05, 0) is 0 Å². The molecule has 1 aliphatic rings. The molecule has 3 nitrogen and oxygen atoms in total. The summed E-state index contributed by atoms with van der Waals surface area (Å²) in [6.07, 6.45) is -0.0957. The first-order valence-corrected chi connectivity index (χ1v) is 2.64. The minimum absolute atomic E-state index is 0.830. The highest BCUT2D eigenvalue weighted by Crippen LogP contribution is 2.28. The lowest BCUT2D eigenvalue weighted by Gasteiger charge is -1.91. The Morgan fingerprint density at radius 3 is 2.75 bits per heavy atom. The van der Waals surface area contributed by atoms with Crippen LogP contribution >= 0.6 is 0 Å². The van der Waals surface area contributed by atoms with Crippen molar-refractivity contribution in [1.82, 2.24) is 14.6 Å². The van der Waals surface area contributed by atoms with E-state index in [1.807, 2.05) is 6.92 Å².